The molecule has 1 aromatic carbocycles. The van der Waals surface area contributed by atoms with E-state index in [1.165, 1.54) is 0 Å². The van der Waals surface area contributed by atoms with Crippen LogP contribution in [0.15, 0.2) is 28.8 Å². The second kappa shape index (κ2) is 6.49. The highest BCUT2D eigenvalue weighted by Crippen LogP contribution is 2.21. The molecule has 0 saturated heterocycles. The number of nitrogens with two attached hydrogens (primary N) is 1. The van der Waals surface area contributed by atoms with E-state index in [0.717, 1.165) is 12.0 Å². The quantitative estimate of drug-likeness (QED) is 0.839. The summed E-state index contributed by atoms with van der Waals surface area (Å²) < 4.78 is 10.4. The van der Waals surface area contributed by atoms with Gasteiger partial charge in [0.25, 0.3) is 0 Å². The van der Waals surface area contributed by atoms with Crippen LogP contribution in [-0.2, 0) is 11.2 Å². The van der Waals surface area contributed by atoms with Gasteiger partial charge in [-0.15, -0.1) is 0 Å². The Morgan fingerprint density at radius 1 is 1.35 bits per heavy atom. The zero-order valence-corrected chi connectivity index (χ0v) is 11.6. The first-order valence-electron chi connectivity index (χ1n) is 6.53. The van der Waals surface area contributed by atoms with Gasteiger partial charge in [-0.05, 0) is 30.5 Å². The fraction of sp³-hybridized carbons (Fsp3) is 0.429. The lowest BCUT2D eigenvalue weighted by atomic mass is 10.1. The number of methoxy groups -OCH3 is 1. The van der Waals surface area contributed by atoms with Gasteiger partial charge in [0.2, 0.25) is 11.7 Å². The molecule has 0 saturated carbocycles. The molecule has 2 rings (SSSR count). The molecule has 2 atom stereocenters. The van der Waals surface area contributed by atoms with Gasteiger partial charge in [0.1, 0.15) is 11.9 Å². The van der Waals surface area contributed by atoms with Crippen LogP contribution in [0, 0.1) is 0 Å². The molecular formula is C14H19N3O3. The first kappa shape index (κ1) is 14.5. The van der Waals surface area contributed by atoms with Crippen molar-refractivity contribution in [3.63, 3.8) is 0 Å². The van der Waals surface area contributed by atoms with Crippen molar-refractivity contribution < 1.29 is 14.4 Å². The summed E-state index contributed by atoms with van der Waals surface area (Å²) in [5.74, 6) is 1.14. The average Bonchev–Trinajstić information content (AvgIpc) is 2.92. The number of phenols is 1. The molecule has 3 N–H and O–H groups in total. The third kappa shape index (κ3) is 3.34. The molecule has 0 aliphatic heterocycles. The maximum atomic E-state index is 9.24. The molecule has 0 radical (unpaired) electrons. The molecule has 6 heteroatoms. The summed E-state index contributed by atoms with van der Waals surface area (Å²) in [5, 5.41) is 13.1. The maximum absolute atomic E-state index is 9.24. The molecular weight excluding hydrogens is 258 g/mol. The average molecular weight is 277 g/mol. The highest BCUT2D eigenvalue weighted by Gasteiger charge is 2.20. The Labute approximate surface area is 117 Å². The number of rotatable bonds is 6. The molecule has 1 heterocycles. The van der Waals surface area contributed by atoms with Crippen molar-refractivity contribution in [1.29, 1.82) is 0 Å². The predicted octanol–water partition coefficient (Wildman–Crippen LogP) is 2.12. The molecule has 0 bridgehead atoms. The van der Waals surface area contributed by atoms with Crippen molar-refractivity contribution in [3.8, 4) is 5.75 Å². The lowest BCUT2D eigenvalue weighted by Gasteiger charge is -2.08. The minimum absolute atomic E-state index is 0.173. The van der Waals surface area contributed by atoms with E-state index in [1.807, 2.05) is 19.1 Å². The van der Waals surface area contributed by atoms with Gasteiger partial charge in [-0.1, -0.05) is 24.2 Å². The van der Waals surface area contributed by atoms with Crippen molar-refractivity contribution in [2.75, 3.05) is 7.11 Å². The van der Waals surface area contributed by atoms with Crippen LogP contribution >= 0.6 is 0 Å². The van der Waals surface area contributed by atoms with Crippen molar-refractivity contribution in [3.05, 3.63) is 41.5 Å². The minimum Gasteiger partial charge on any atom is -0.508 e. The molecule has 108 valence electrons. The summed E-state index contributed by atoms with van der Waals surface area (Å²) in [4.78, 5) is 4.29. The molecule has 2 aromatic rings. The predicted molar refractivity (Wildman–Crippen MR) is 73.1 cm³/mol. The van der Waals surface area contributed by atoms with Crippen molar-refractivity contribution in [2.24, 2.45) is 5.73 Å². The number of hydrogen-bond donors (Lipinski definition) is 2. The van der Waals surface area contributed by atoms with Crippen LogP contribution in [0.1, 0.15) is 42.8 Å². The summed E-state index contributed by atoms with van der Waals surface area (Å²) in [7, 11) is 1.61. The number of benzene rings is 1. The smallest absolute Gasteiger partial charge is 0.243 e. The maximum Gasteiger partial charge on any atom is 0.243 e. The SMILES string of the molecule is CCC(OC)c1noc([C@@H](N)Cc2ccc(O)cc2)n1. The second-order valence-electron chi connectivity index (χ2n) is 4.60. The molecule has 1 unspecified atom stereocenters. The van der Waals surface area contributed by atoms with E-state index in [0.29, 0.717) is 18.1 Å². The van der Waals surface area contributed by atoms with Gasteiger partial charge in [-0.3, -0.25) is 0 Å². The van der Waals surface area contributed by atoms with E-state index in [-0.39, 0.29) is 17.9 Å². The molecule has 0 aliphatic carbocycles. The lowest BCUT2D eigenvalue weighted by Crippen LogP contribution is -2.14. The Bertz CT molecular complexity index is 535. The van der Waals surface area contributed by atoms with E-state index < -0.39 is 0 Å². The molecule has 0 aliphatic rings. The summed E-state index contributed by atoms with van der Waals surface area (Å²) in [6, 6.07) is 6.50. The van der Waals surface area contributed by atoms with Crippen molar-refractivity contribution >= 4 is 0 Å². The molecule has 0 fully saturated rings. The molecule has 1 aromatic heterocycles. The highest BCUT2D eigenvalue weighted by molar-refractivity contribution is 5.26. The van der Waals surface area contributed by atoms with Gasteiger partial charge in [-0.25, -0.2) is 0 Å². The summed E-state index contributed by atoms with van der Waals surface area (Å²) in [6.45, 7) is 1.99. The Morgan fingerprint density at radius 3 is 2.65 bits per heavy atom. The molecule has 20 heavy (non-hydrogen) atoms. The Morgan fingerprint density at radius 2 is 2.05 bits per heavy atom. The van der Waals surface area contributed by atoms with E-state index in [4.69, 9.17) is 15.0 Å². The molecule has 0 spiro atoms. The first-order valence-corrected chi connectivity index (χ1v) is 6.53. The van der Waals surface area contributed by atoms with Crippen LogP contribution < -0.4 is 5.73 Å². The van der Waals surface area contributed by atoms with E-state index in [9.17, 15) is 5.11 Å². The zero-order valence-electron chi connectivity index (χ0n) is 11.6. The van der Waals surface area contributed by atoms with E-state index in [2.05, 4.69) is 10.1 Å². The monoisotopic (exact) mass is 277 g/mol. The minimum atomic E-state index is -0.379. The Balaban J connectivity index is 2.05. The van der Waals surface area contributed by atoms with Gasteiger partial charge < -0.3 is 20.1 Å². The Kier molecular flexibility index (Phi) is 4.70. The zero-order chi connectivity index (χ0) is 14.5. The van der Waals surface area contributed by atoms with Gasteiger partial charge in [0.05, 0.1) is 6.04 Å². The second-order valence-corrected chi connectivity index (χ2v) is 4.60. The molecule has 0 amide bonds. The van der Waals surface area contributed by atoms with Gasteiger partial charge in [-0.2, -0.15) is 4.98 Å². The van der Waals surface area contributed by atoms with Crippen LogP contribution in [0.5, 0.6) is 5.75 Å². The van der Waals surface area contributed by atoms with Crippen molar-refractivity contribution in [2.45, 2.75) is 31.9 Å². The highest BCUT2D eigenvalue weighted by atomic mass is 16.5. The first-order chi connectivity index (χ1) is 9.63. The van der Waals surface area contributed by atoms with Crippen LogP contribution in [0.2, 0.25) is 0 Å². The van der Waals surface area contributed by atoms with Crippen LogP contribution in [0.25, 0.3) is 0 Å². The number of nitrogens with zero attached hydrogens (tertiary/aromatic N) is 2. The van der Waals surface area contributed by atoms with Gasteiger partial charge in [0.15, 0.2) is 0 Å². The number of phenolic OH excluding ortho intramolecular Hbond substituents is 1. The topological polar surface area (TPSA) is 94.4 Å². The number of aromatic hydroxyl groups is 1. The fourth-order valence-electron chi connectivity index (χ4n) is 1.96. The standard InChI is InChI=1S/C14H19N3O3/c1-3-12(19-2)13-16-14(20-17-13)11(15)8-9-4-6-10(18)7-5-9/h4-7,11-12,18H,3,8,15H2,1-2H3/t11-,12?/m0/s1. The van der Waals surface area contributed by atoms with Gasteiger partial charge in [0, 0.05) is 7.11 Å². The fourth-order valence-corrected chi connectivity index (χ4v) is 1.96. The van der Waals surface area contributed by atoms with E-state index in [1.54, 1.807) is 19.2 Å². The number of ether oxygens (including phenoxy) is 1. The largest absolute Gasteiger partial charge is 0.508 e. The molecule has 6 nitrogen and oxygen atoms in total. The third-order valence-electron chi connectivity index (χ3n) is 3.11. The van der Waals surface area contributed by atoms with Crippen LogP contribution in [-0.4, -0.2) is 22.4 Å². The van der Waals surface area contributed by atoms with Crippen LogP contribution in [0.3, 0.4) is 0 Å². The third-order valence-corrected chi connectivity index (χ3v) is 3.11. The normalized spacial score (nSPS) is 14.2. The van der Waals surface area contributed by atoms with E-state index >= 15 is 0 Å². The number of aromatic nitrogens is 2. The van der Waals surface area contributed by atoms with Crippen molar-refractivity contribution in [1.82, 2.24) is 10.1 Å². The Hall–Kier alpha value is -1.92. The number of hydrogen-bond acceptors (Lipinski definition) is 6. The lowest BCUT2D eigenvalue weighted by molar-refractivity contribution is 0.0903. The summed E-state index contributed by atoms with van der Waals surface area (Å²) in [6.07, 6.45) is 1.15. The summed E-state index contributed by atoms with van der Waals surface area (Å²) in [5.41, 5.74) is 7.06. The summed E-state index contributed by atoms with van der Waals surface area (Å²) >= 11 is 0. The van der Waals surface area contributed by atoms with Gasteiger partial charge >= 0.3 is 0 Å². The van der Waals surface area contributed by atoms with Crippen LogP contribution in [0.4, 0.5) is 0 Å².